The molecule has 1 fully saturated rings. The first kappa shape index (κ1) is 25.3. The molecule has 2 aromatic carbocycles. The molecule has 0 aromatic heterocycles. The first-order valence-electron chi connectivity index (χ1n) is 10.5. The zero-order chi connectivity index (χ0) is 23.1. The summed E-state index contributed by atoms with van der Waals surface area (Å²) in [6, 6.07) is 14.3. The number of hydrogen-bond acceptors (Lipinski definition) is 6. The van der Waals surface area contributed by atoms with E-state index in [0.717, 1.165) is 21.0 Å². The van der Waals surface area contributed by atoms with Crippen LogP contribution in [0.2, 0.25) is 3.93 Å². The van der Waals surface area contributed by atoms with Gasteiger partial charge in [-0.15, -0.1) is 0 Å². The van der Waals surface area contributed by atoms with E-state index in [1.807, 2.05) is 48.5 Å². The molecule has 0 bridgehead atoms. The van der Waals surface area contributed by atoms with E-state index < -0.39 is 34.4 Å². The first-order chi connectivity index (χ1) is 15.5. The number of aliphatic hydroxyl groups excluding tert-OH is 1. The molecule has 0 unspecified atom stereocenters. The van der Waals surface area contributed by atoms with E-state index in [1.165, 1.54) is 6.92 Å². The van der Waals surface area contributed by atoms with Crippen molar-refractivity contribution in [3.63, 3.8) is 0 Å². The van der Waals surface area contributed by atoms with Gasteiger partial charge in [-0.2, -0.15) is 0 Å². The molecule has 1 aliphatic heterocycles. The van der Waals surface area contributed by atoms with Crippen LogP contribution in [0.5, 0.6) is 17.2 Å². The van der Waals surface area contributed by atoms with Gasteiger partial charge in [-0.05, 0) is 0 Å². The number of aliphatic hydroxyl groups is 1. The van der Waals surface area contributed by atoms with Crippen molar-refractivity contribution in [2.45, 2.75) is 41.8 Å². The van der Waals surface area contributed by atoms with Gasteiger partial charge in [0.15, 0.2) is 0 Å². The van der Waals surface area contributed by atoms with Gasteiger partial charge < -0.3 is 0 Å². The summed E-state index contributed by atoms with van der Waals surface area (Å²) >= 11 is 2.36. The van der Waals surface area contributed by atoms with Gasteiger partial charge in [0.05, 0.1) is 0 Å². The maximum absolute atomic E-state index is 12.6. The van der Waals surface area contributed by atoms with Crippen molar-refractivity contribution in [1.29, 1.82) is 0 Å². The Bertz CT molecular complexity index is 866. The molecule has 0 spiro atoms. The minimum absolute atomic E-state index is 0.0812. The third kappa shape index (κ3) is 6.15. The van der Waals surface area contributed by atoms with Gasteiger partial charge in [-0.3, -0.25) is 0 Å². The molecule has 1 N–H and O–H groups in total. The van der Waals surface area contributed by atoms with Crippen LogP contribution in [0.15, 0.2) is 48.5 Å². The Balaban J connectivity index is 1.76. The Morgan fingerprint density at radius 2 is 1.56 bits per heavy atom. The molecule has 9 heteroatoms. The third-order valence-electron chi connectivity index (χ3n) is 5.67. The molecule has 1 aliphatic rings. The van der Waals surface area contributed by atoms with Crippen LogP contribution in [0.4, 0.5) is 0 Å². The quantitative estimate of drug-likeness (QED) is 0.385. The molecule has 0 aliphatic carbocycles. The fourth-order valence-corrected chi connectivity index (χ4v) is 11.5. The summed E-state index contributed by atoms with van der Waals surface area (Å²) in [5, 5.41) is 11.1. The molecule has 32 heavy (non-hydrogen) atoms. The number of hydrogen-bond donors (Lipinski definition) is 1. The summed E-state index contributed by atoms with van der Waals surface area (Å²) in [4.78, 5) is 14.3. The van der Waals surface area contributed by atoms with E-state index >= 15 is 0 Å². The summed E-state index contributed by atoms with van der Waals surface area (Å²) in [5.41, 5.74) is 0.964. The second-order valence-corrected chi connectivity index (χ2v) is 18.3. The van der Waals surface area contributed by atoms with Gasteiger partial charge in [0.2, 0.25) is 0 Å². The summed E-state index contributed by atoms with van der Waals surface area (Å²) in [7, 11) is 3.24. The van der Waals surface area contributed by atoms with Gasteiger partial charge in [0, 0.05) is 0 Å². The van der Waals surface area contributed by atoms with Crippen LogP contribution in [0, 0.1) is 0 Å². The summed E-state index contributed by atoms with van der Waals surface area (Å²) in [6.07, 6.45) is -1.31. The molecule has 7 nitrogen and oxygen atoms in total. The van der Waals surface area contributed by atoms with Crippen molar-refractivity contribution >= 4 is 17.8 Å². The van der Waals surface area contributed by atoms with Crippen molar-refractivity contribution in [2.24, 2.45) is 0 Å². The molecule has 0 radical (unpaired) electrons. The summed E-state index contributed by atoms with van der Waals surface area (Å²) in [5.74, 6) is 2.10. The van der Waals surface area contributed by atoms with Crippen LogP contribution in [0.1, 0.15) is 12.5 Å². The van der Waals surface area contributed by atoms with Crippen LogP contribution in [0.3, 0.4) is 0 Å². The van der Waals surface area contributed by atoms with Crippen LogP contribution < -0.4 is 14.2 Å². The van der Waals surface area contributed by atoms with Crippen molar-refractivity contribution in [1.82, 2.24) is 4.90 Å². The number of amides is 1. The SMILES string of the molecule is COc1ccc(CO[C@@H]2[C@@H](O)[C@@H]([CH2][Hg][Br])N(C(C)=O)[C@@H]2COc2ccc(OC)cc2)cc1. The van der Waals surface area contributed by atoms with Crippen molar-refractivity contribution in [3.05, 3.63) is 54.1 Å². The first-order valence-corrected chi connectivity index (χ1v) is 26.3. The number of methoxy groups -OCH3 is 2. The van der Waals surface area contributed by atoms with Crippen LogP contribution >= 0.6 is 11.9 Å². The van der Waals surface area contributed by atoms with Gasteiger partial charge in [0.25, 0.3) is 0 Å². The van der Waals surface area contributed by atoms with Gasteiger partial charge >= 0.3 is 208 Å². The third-order valence-corrected chi connectivity index (χ3v) is 12.8. The molecule has 1 amide bonds. The summed E-state index contributed by atoms with van der Waals surface area (Å²) < 4.78 is 23.4. The maximum atomic E-state index is 12.6. The predicted molar refractivity (Wildman–Crippen MR) is 120 cm³/mol. The number of carbonyl (C=O) groups is 1. The zero-order valence-corrected chi connectivity index (χ0v) is 25.7. The van der Waals surface area contributed by atoms with E-state index in [4.69, 9.17) is 18.9 Å². The van der Waals surface area contributed by atoms with Gasteiger partial charge in [0.1, 0.15) is 0 Å². The second-order valence-electron chi connectivity index (χ2n) is 7.64. The van der Waals surface area contributed by atoms with Gasteiger partial charge in [-0.25, -0.2) is 0 Å². The zero-order valence-electron chi connectivity index (χ0n) is 18.6. The molecule has 2 aromatic rings. The molecule has 1 saturated heterocycles. The second kappa shape index (κ2) is 12.2. The molecular weight excluding hydrogens is 667 g/mol. The van der Waals surface area contributed by atoms with Crippen molar-refractivity contribution in [3.8, 4) is 17.2 Å². The number of likely N-dealkylation sites (tertiary alicyclic amines) is 1. The topological polar surface area (TPSA) is 77.5 Å². The number of carbonyl (C=O) groups excluding carboxylic acids is 1. The Kier molecular flexibility index (Phi) is 9.64. The fourth-order valence-electron chi connectivity index (χ4n) is 4.06. The number of ether oxygens (including phenoxy) is 4. The molecule has 170 valence electrons. The van der Waals surface area contributed by atoms with E-state index in [9.17, 15) is 9.90 Å². The average Bonchev–Trinajstić information content (AvgIpc) is 3.08. The standard InChI is InChI=1S/C23H28NO6.BrH.Hg/c1-15-22(26)23(30-13-17-5-7-18(27-3)8-6-17)21(24(15)16(2)25)14-29-20-11-9-19(28-4)10-12-20;;/h5-12,15,21-23,26H,1,13-14H2,2-4H3;1H;/q;;+1/p-1/t15-,21-,22+,23+;;/m1../s1. The fraction of sp³-hybridized carbons (Fsp3) is 0.435. The Hall–Kier alpha value is -1.35. The van der Waals surface area contributed by atoms with Crippen LogP contribution in [-0.2, 0) is 38.3 Å². The number of nitrogens with zero attached hydrogens (tertiary/aromatic N) is 1. The van der Waals surface area contributed by atoms with E-state index in [1.54, 1.807) is 19.1 Å². The molecule has 3 rings (SSSR count). The van der Waals surface area contributed by atoms with Crippen LogP contribution in [-0.4, -0.2) is 61.0 Å². The molecular formula is C23H28BrHgNO6. The molecule has 0 saturated carbocycles. The normalized spacial score (nSPS) is 22.3. The Morgan fingerprint density at radius 1 is 1.00 bits per heavy atom. The predicted octanol–water partition coefficient (Wildman–Crippen LogP) is 3.44. The Morgan fingerprint density at radius 3 is 2.09 bits per heavy atom. The van der Waals surface area contributed by atoms with Gasteiger partial charge in [-0.1, -0.05) is 0 Å². The van der Waals surface area contributed by atoms with E-state index in [2.05, 4.69) is 11.9 Å². The van der Waals surface area contributed by atoms with E-state index in [-0.39, 0.29) is 24.6 Å². The Labute approximate surface area is 206 Å². The molecule has 1 heterocycles. The number of benzene rings is 2. The van der Waals surface area contributed by atoms with Crippen molar-refractivity contribution in [2.75, 3.05) is 20.8 Å². The van der Waals surface area contributed by atoms with Crippen LogP contribution in [0.25, 0.3) is 0 Å². The summed E-state index contributed by atoms with van der Waals surface area (Å²) in [6.45, 7) is 2.09. The number of rotatable bonds is 10. The molecule has 4 atom stereocenters. The minimum atomic E-state index is -1.30. The van der Waals surface area contributed by atoms with Crippen molar-refractivity contribution < 1.29 is 51.0 Å². The average molecular weight is 695 g/mol. The monoisotopic (exact) mass is 695 g/mol. The number of halogens is 1. The van der Waals surface area contributed by atoms with E-state index in [0.29, 0.717) is 12.4 Å².